The quantitative estimate of drug-likeness (QED) is 0.835. The molecular formula is C15H14Br2O2. The van der Waals surface area contributed by atoms with Crippen LogP contribution in [0.4, 0.5) is 0 Å². The zero-order valence-corrected chi connectivity index (χ0v) is 13.8. The Balaban J connectivity index is 2.50. The van der Waals surface area contributed by atoms with E-state index in [9.17, 15) is 5.11 Å². The second-order valence-electron chi connectivity index (χ2n) is 4.27. The number of para-hydroxylation sites is 1. The second kappa shape index (κ2) is 6.07. The molecule has 19 heavy (non-hydrogen) atoms. The zero-order chi connectivity index (χ0) is 14.0. The molecule has 1 unspecified atom stereocenters. The van der Waals surface area contributed by atoms with Gasteiger partial charge in [-0.1, -0.05) is 50.1 Å². The van der Waals surface area contributed by atoms with E-state index in [0.29, 0.717) is 5.75 Å². The summed E-state index contributed by atoms with van der Waals surface area (Å²) in [6.45, 7) is 2.01. The Morgan fingerprint density at radius 1 is 1.05 bits per heavy atom. The van der Waals surface area contributed by atoms with Gasteiger partial charge in [0.2, 0.25) is 0 Å². The molecule has 1 atom stereocenters. The largest absolute Gasteiger partial charge is 0.496 e. The van der Waals surface area contributed by atoms with Crippen molar-refractivity contribution in [1.29, 1.82) is 0 Å². The molecule has 2 rings (SSSR count). The molecule has 0 bridgehead atoms. The lowest BCUT2D eigenvalue weighted by atomic mass is 10.00. The van der Waals surface area contributed by atoms with E-state index in [1.165, 1.54) is 0 Å². The summed E-state index contributed by atoms with van der Waals surface area (Å²) < 4.78 is 7.15. The number of methoxy groups -OCH3 is 1. The number of rotatable bonds is 3. The normalized spacial score (nSPS) is 12.3. The van der Waals surface area contributed by atoms with Crippen LogP contribution < -0.4 is 4.74 Å². The number of aryl methyl sites for hydroxylation is 1. The lowest BCUT2D eigenvalue weighted by Gasteiger charge is -2.17. The molecule has 0 aliphatic heterocycles. The van der Waals surface area contributed by atoms with Crippen LogP contribution in [0, 0.1) is 6.92 Å². The molecule has 4 heteroatoms. The molecule has 0 aliphatic rings. The summed E-state index contributed by atoms with van der Waals surface area (Å²) in [5.41, 5.74) is 2.67. The van der Waals surface area contributed by atoms with Gasteiger partial charge < -0.3 is 9.84 Å². The fraction of sp³-hybridized carbons (Fsp3) is 0.200. The molecule has 0 fully saturated rings. The second-order valence-corrected chi connectivity index (χ2v) is 5.98. The monoisotopic (exact) mass is 384 g/mol. The summed E-state index contributed by atoms with van der Waals surface area (Å²) in [5, 5.41) is 10.6. The zero-order valence-electron chi connectivity index (χ0n) is 10.7. The predicted octanol–water partition coefficient (Wildman–Crippen LogP) is 4.61. The van der Waals surface area contributed by atoms with Crippen LogP contribution >= 0.6 is 31.9 Å². The maximum atomic E-state index is 10.6. The topological polar surface area (TPSA) is 29.5 Å². The van der Waals surface area contributed by atoms with Crippen LogP contribution in [0.1, 0.15) is 22.8 Å². The van der Waals surface area contributed by atoms with E-state index in [0.717, 1.165) is 25.6 Å². The number of hydrogen-bond donors (Lipinski definition) is 1. The Morgan fingerprint density at radius 3 is 2.42 bits per heavy atom. The van der Waals surface area contributed by atoms with Crippen molar-refractivity contribution in [2.75, 3.05) is 7.11 Å². The maximum Gasteiger partial charge on any atom is 0.125 e. The maximum absolute atomic E-state index is 10.6. The first kappa shape index (κ1) is 14.6. The van der Waals surface area contributed by atoms with Gasteiger partial charge in [-0.2, -0.15) is 0 Å². The Bertz CT molecular complexity index is 597. The van der Waals surface area contributed by atoms with Crippen LogP contribution in [0.25, 0.3) is 0 Å². The van der Waals surface area contributed by atoms with Gasteiger partial charge >= 0.3 is 0 Å². The molecule has 0 saturated carbocycles. The van der Waals surface area contributed by atoms with E-state index in [1.54, 1.807) is 7.11 Å². The average molecular weight is 386 g/mol. The SMILES string of the molecule is COc1ccccc1C(O)c1cc(Br)c(C)cc1Br. The van der Waals surface area contributed by atoms with Crippen LogP contribution in [0.2, 0.25) is 0 Å². The van der Waals surface area contributed by atoms with Crippen molar-refractivity contribution in [3.05, 3.63) is 62.0 Å². The van der Waals surface area contributed by atoms with Gasteiger partial charge in [-0.15, -0.1) is 0 Å². The molecule has 0 heterocycles. The molecule has 0 radical (unpaired) electrons. The van der Waals surface area contributed by atoms with Crippen molar-refractivity contribution in [2.45, 2.75) is 13.0 Å². The van der Waals surface area contributed by atoms with E-state index in [-0.39, 0.29) is 0 Å². The number of hydrogen-bond acceptors (Lipinski definition) is 2. The van der Waals surface area contributed by atoms with Gasteiger partial charge in [0.1, 0.15) is 11.9 Å². The van der Waals surface area contributed by atoms with Crippen molar-refractivity contribution in [1.82, 2.24) is 0 Å². The third kappa shape index (κ3) is 3.02. The van der Waals surface area contributed by atoms with E-state index in [2.05, 4.69) is 31.9 Å². The van der Waals surface area contributed by atoms with E-state index >= 15 is 0 Å². The standard InChI is InChI=1S/C15H14Br2O2/c1-9-7-13(17)11(8-12(9)16)15(18)10-5-3-4-6-14(10)19-2/h3-8,15,18H,1-2H3. The summed E-state index contributed by atoms with van der Waals surface area (Å²) in [6, 6.07) is 11.4. The molecule has 1 N–H and O–H groups in total. The number of aliphatic hydroxyl groups excluding tert-OH is 1. The summed E-state index contributed by atoms with van der Waals surface area (Å²) in [6.07, 6.45) is -0.734. The van der Waals surface area contributed by atoms with Crippen molar-refractivity contribution in [3.8, 4) is 5.75 Å². The molecule has 2 nitrogen and oxygen atoms in total. The molecule has 0 saturated heterocycles. The van der Waals surface area contributed by atoms with Crippen LogP contribution in [0.15, 0.2) is 45.3 Å². The van der Waals surface area contributed by atoms with Crippen molar-refractivity contribution in [2.24, 2.45) is 0 Å². The third-order valence-electron chi connectivity index (χ3n) is 3.01. The molecule has 0 aromatic heterocycles. The first-order valence-electron chi connectivity index (χ1n) is 5.81. The molecule has 0 aliphatic carbocycles. The van der Waals surface area contributed by atoms with Gasteiger partial charge in [0.25, 0.3) is 0 Å². The molecule has 0 spiro atoms. The Morgan fingerprint density at radius 2 is 1.74 bits per heavy atom. The van der Waals surface area contributed by atoms with E-state index in [4.69, 9.17) is 4.74 Å². The van der Waals surface area contributed by atoms with Gasteiger partial charge in [-0.25, -0.2) is 0 Å². The first-order chi connectivity index (χ1) is 9.04. The summed E-state index contributed by atoms with van der Waals surface area (Å²) in [7, 11) is 1.60. The minimum atomic E-state index is -0.734. The highest BCUT2D eigenvalue weighted by Crippen LogP contribution is 2.36. The van der Waals surface area contributed by atoms with E-state index in [1.807, 2.05) is 43.3 Å². The van der Waals surface area contributed by atoms with Crippen molar-refractivity contribution in [3.63, 3.8) is 0 Å². The number of benzene rings is 2. The highest BCUT2D eigenvalue weighted by Gasteiger charge is 2.18. The molecular weight excluding hydrogens is 372 g/mol. The third-order valence-corrected chi connectivity index (χ3v) is 4.55. The number of halogens is 2. The molecule has 100 valence electrons. The van der Waals surface area contributed by atoms with Gasteiger partial charge in [0.15, 0.2) is 0 Å². The Labute approximate surface area is 129 Å². The van der Waals surface area contributed by atoms with Crippen molar-refractivity contribution < 1.29 is 9.84 Å². The van der Waals surface area contributed by atoms with Crippen LogP contribution in [-0.2, 0) is 0 Å². The van der Waals surface area contributed by atoms with Crippen LogP contribution in [0.3, 0.4) is 0 Å². The first-order valence-corrected chi connectivity index (χ1v) is 7.39. The summed E-state index contributed by atoms with van der Waals surface area (Å²) >= 11 is 7.00. The predicted molar refractivity (Wildman–Crippen MR) is 83.6 cm³/mol. The van der Waals surface area contributed by atoms with Gasteiger partial charge in [0.05, 0.1) is 7.11 Å². The smallest absolute Gasteiger partial charge is 0.125 e. The van der Waals surface area contributed by atoms with Crippen LogP contribution in [0.5, 0.6) is 5.75 Å². The molecule has 2 aromatic rings. The number of aliphatic hydroxyl groups is 1. The summed E-state index contributed by atoms with van der Waals surface area (Å²) in [4.78, 5) is 0. The lowest BCUT2D eigenvalue weighted by molar-refractivity contribution is 0.214. The fourth-order valence-corrected chi connectivity index (χ4v) is 2.97. The lowest BCUT2D eigenvalue weighted by Crippen LogP contribution is -2.03. The minimum Gasteiger partial charge on any atom is -0.496 e. The Hall–Kier alpha value is -0.840. The van der Waals surface area contributed by atoms with Crippen molar-refractivity contribution >= 4 is 31.9 Å². The highest BCUT2D eigenvalue weighted by molar-refractivity contribution is 9.11. The highest BCUT2D eigenvalue weighted by atomic mass is 79.9. The van der Waals surface area contributed by atoms with Crippen LogP contribution in [-0.4, -0.2) is 12.2 Å². The minimum absolute atomic E-state index is 0.679. The molecule has 2 aromatic carbocycles. The number of ether oxygens (including phenoxy) is 1. The molecule has 0 amide bonds. The average Bonchev–Trinajstić information content (AvgIpc) is 2.42. The Kier molecular flexibility index (Phi) is 4.66. The van der Waals surface area contributed by atoms with Gasteiger partial charge in [-0.05, 0) is 30.7 Å². The van der Waals surface area contributed by atoms with E-state index < -0.39 is 6.10 Å². The summed E-state index contributed by atoms with van der Waals surface area (Å²) in [5.74, 6) is 0.679. The fourth-order valence-electron chi connectivity index (χ4n) is 1.93. The van der Waals surface area contributed by atoms with Gasteiger partial charge in [0, 0.05) is 20.1 Å². The van der Waals surface area contributed by atoms with Gasteiger partial charge in [-0.3, -0.25) is 0 Å².